The van der Waals surface area contributed by atoms with Gasteiger partial charge in [-0.1, -0.05) is 20.3 Å². The van der Waals surface area contributed by atoms with Gasteiger partial charge in [0.05, 0.1) is 0 Å². The average molecular weight is 224 g/mol. The van der Waals surface area contributed by atoms with Crippen LogP contribution in [-0.2, 0) is 0 Å². The minimum atomic E-state index is 0.790. The maximum atomic E-state index is 3.66. The first kappa shape index (κ1) is 12.4. The number of hydrogen-bond acceptors (Lipinski definition) is 2. The molecule has 0 radical (unpaired) electrons. The van der Waals surface area contributed by atoms with Crippen molar-refractivity contribution in [2.45, 2.75) is 83.5 Å². The summed E-state index contributed by atoms with van der Waals surface area (Å²) in [5.41, 5.74) is 0. The van der Waals surface area contributed by atoms with Gasteiger partial charge in [-0.2, -0.15) is 0 Å². The van der Waals surface area contributed by atoms with Crippen LogP contribution in [0.25, 0.3) is 0 Å². The Morgan fingerprint density at radius 1 is 1.19 bits per heavy atom. The summed E-state index contributed by atoms with van der Waals surface area (Å²) < 4.78 is 0. The molecule has 2 aliphatic heterocycles. The van der Waals surface area contributed by atoms with Crippen molar-refractivity contribution in [1.82, 2.24) is 10.2 Å². The minimum absolute atomic E-state index is 0.790. The Labute approximate surface area is 101 Å². The zero-order chi connectivity index (χ0) is 11.5. The number of rotatable bonds is 4. The van der Waals surface area contributed by atoms with Crippen molar-refractivity contribution in [2.24, 2.45) is 0 Å². The smallest absolute Gasteiger partial charge is 0.0116 e. The zero-order valence-corrected chi connectivity index (χ0v) is 11.2. The molecule has 0 amide bonds. The summed E-state index contributed by atoms with van der Waals surface area (Å²) >= 11 is 0. The maximum Gasteiger partial charge on any atom is 0.0116 e. The number of nitrogens with one attached hydrogen (secondary N) is 1. The summed E-state index contributed by atoms with van der Waals surface area (Å²) in [5.74, 6) is 0. The van der Waals surface area contributed by atoms with Crippen LogP contribution in [0.1, 0.15) is 59.3 Å². The molecule has 94 valence electrons. The standard InChI is InChI=1S/C14H28N2/c1-4-11(3)16-13-7-6-8-14(16)10-12(9-13)15-5-2/h11-15H,4-10H2,1-3H3. The van der Waals surface area contributed by atoms with Crippen molar-refractivity contribution in [3.05, 3.63) is 0 Å². The van der Waals surface area contributed by atoms with E-state index in [1.165, 1.54) is 38.5 Å². The van der Waals surface area contributed by atoms with E-state index in [-0.39, 0.29) is 0 Å². The van der Waals surface area contributed by atoms with Gasteiger partial charge >= 0.3 is 0 Å². The second-order valence-corrected chi connectivity index (χ2v) is 5.67. The predicted octanol–water partition coefficient (Wildman–Crippen LogP) is 2.78. The van der Waals surface area contributed by atoms with Crippen LogP contribution in [0.4, 0.5) is 0 Å². The summed E-state index contributed by atoms with van der Waals surface area (Å²) in [7, 11) is 0. The Morgan fingerprint density at radius 2 is 1.81 bits per heavy atom. The fourth-order valence-electron chi connectivity index (χ4n) is 3.80. The van der Waals surface area contributed by atoms with E-state index >= 15 is 0 Å². The van der Waals surface area contributed by atoms with Crippen LogP contribution in [0.15, 0.2) is 0 Å². The number of nitrogens with zero attached hydrogens (tertiary/aromatic N) is 1. The van der Waals surface area contributed by atoms with Gasteiger partial charge in [0.25, 0.3) is 0 Å². The Bertz CT molecular complexity index is 203. The van der Waals surface area contributed by atoms with E-state index in [4.69, 9.17) is 0 Å². The molecule has 2 bridgehead atoms. The highest BCUT2D eigenvalue weighted by molar-refractivity contribution is 4.96. The first-order valence-corrected chi connectivity index (χ1v) is 7.27. The first-order chi connectivity index (χ1) is 7.76. The molecule has 0 aromatic heterocycles. The van der Waals surface area contributed by atoms with E-state index in [1.54, 1.807) is 0 Å². The molecule has 0 spiro atoms. The maximum absolute atomic E-state index is 3.66. The van der Waals surface area contributed by atoms with E-state index in [1.807, 2.05) is 0 Å². The fraction of sp³-hybridized carbons (Fsp3) is 1.00. The Morgan fingerprint density at radius 3 is 2.31 bits per heavy atom. The molecule has 0 aromatic rings. The van der Waals surface area contributed by atoms with E-state index in [9.17, 15) is 0 Å². The molecule has 3 atom stereocenters. The second kappa shape index (κ2) is 5.50. The van der Waals surface area contributed by atoms with Gasteiger partial charge < -0.3 is 5.32 Å². The molecule has 2 rings (SSSR count). The van der Waals surface area contributed by atoms with Crippen molar-refractivity contribution < 1.29 is 0 Å². The number of fused-ring (bicyclic) bond motifs is 2. The molecule has 2 heterocycles. The fourth-order valence-corrected chi connectivity index (χ4v) is 3.80. The van der Waals surface area contributed by atoms with Crippen LogP contribution in [0.2, 0.25) is 0 Å². The van der Waals surface area contributed by atoms with E-state index in [0.717, 1.165) is 30.7 Å². The molecule has 2 fully saturated rings. The summed E-state index contributed by atoms with van der Waals surface area (Å²) in [4.78, 5) is 2.84. The normalized spacial score (nSPS) is 37.3. The van der Waals surface area contributed by atoms with Crippen LogP contribution in [0, 0.1) is 0 Å². The Hall–Kier alpha value is -0.0800. The summed E-state index contributed by atoms with van der Waals surface area (Å²) in [6, 6.07) is 3.32. The van der Waals surface area contributed by atoms with Crippen molar-refractivity contribution in [1.29, 1.82) is 0 Å². The summed E-state index contributed by atoms with van der Waals surface area (Å²) in [6.07, 6.45) is 8.40. The Kier molecular flexibility index (Phi) is 4.26. The van der Waals surface area contributed by atoms with E-state index < -0.39 is 0 Å². The number of piperidine rings is 2. The molecule has 16 heavy (non-hydrogen) atoms. The lowest BCUT2D eigenvalue weighted by atomic mass is 9.80. The van der Waals surface area contributed by atoms with Gasteiger partial charge in [0.1, 0.15) is 0 Å². The van der Waals surface area contributed by atoms with Gasteiger partial charge in [-0.25, -0.2) is 0 Å². The van der Waals surface area contributed by atoms with Crippen LogP contribution in [-0.4, -0.2) is 35.6 Å². The minimum Gasteiger partial charge on any atom is -0.314 e. The molecule has 0 aromatic carbocycles. The topological polar surface area (TPSA) is 15.3 Å². The summed E-state index contributed by atoms with van der Waals surface area (Å²) in [5, 5.41) is 3.66. The highest BCUT2D eigenvalue weighted by Gasteiger charge is 2.39. The molecule has 0 saturated carbocycles. The predicted molar refractivity (Wildman–Crippen MR) is 69.7 cm³/mol. The molecule has 2 saturated heterocycles. The van der Waals surface area contributed by atoms with Gasteiger partial charge in [-0.15, -0.1) is 0 Å². The zero-order valence-electron chi connectivity index (χ0n) is 11.2. The van der Waals surface area contributed by atoms with Crippen LogP contribution >= 0.6 is 0 Å². The second-order valence-electron chi connectivity index (χ2n) is 5.67. The van der Waals surface area contributed by atoms with Gasteiger partial charge in [0.15, 0.2) is 0 Å². The van der Waals surface area contributed by atoms with Crippen molar-refractivity contribution in [3.8, 4) is 0 Å². The molecule has 0 aliphatic carbocycles. The largest absolute Gasteiger partial charge is 0.314 e. The SMILES string of the molecule is CCNC1CC2CCCC(C1)N2C(C)CC. The lowest BCUT2D eigenvalue weighted by Gasteiger charge is -2.51. The number of hydrogen-bond donors (Lipinski definition) is 1. The molecule has 1 N–H and O–H groups in total. The first-order valence-electron chi connectivity index (χ1n) is 7.27. The molecule has 2 aliphatic rings. The average Bonchev–Trinajstić information content (AvgIpc) is 2.27. The highest BCUT2D eigenvalue weighted by atomic mass is 15.2. The lowest BCUT2D eigenvalue weighted by molar-refractivity contribution is -0.00607. The third-order valence-electron chi connectivity index (χ3n) is 4.62. The van der Waals surface area contributed by atoms with Crippen LogP contribution in [0.3, 0.4) is 0 Å². The van der Waals surface area contributed by atoms with Crippen LogP contribution < -0.4 is 5.32 Å². The van der Waals surface area contributed by atoms with Crippen molar-refractivity contribution in [2.75, 3.05) is 6.54 Å². The molecule has 2 heteroatoms. The quantitative estimate of drug-likeness (QED) is 0.790. The van der Waals surface area contributed by atoms with E-state index in [0.29, 0.717) is 0 Å². The monoisotopic (exact) mass is 224 g/mol. The molecule has 3 unspecified atom stereocenters. The molecule has 2 nitrogen and oxygen atoms in total. The van der Waals surface area contributed by atoms with Gasteiger partial charge in [-0.05, 0) is 45.6 Å². The highest BCUT2D eigenvalue weighted by Crippen LogP contribution is 2.36. The van der Waals surface area contributed by atoms with E-state index in [2.05, 4.69) is 31.0 Å². The third-order valence-corrected chi connectivity index (χ3v) is 4.62. The molecular weight excluding hydrogens is 196 g/mol. The lowest BCUT2D eigenvalue weighted by Crippen LogP contribution is -2.58. The third kappa shape index (κ3) is 2.43. The Balaban J connectivity index is 2.02. The molecular formula is C14H28N2. The van der Waals surface area contributed by atoms with Crippen molar-refractivity contribution in [3.63, 3.8) is 0 Å². The van der Waals surface area contributed by atoms with Gasteiger partial charge in [0, 0.05) is 24.2 Å². The van der Waals surface area contributed by atoms with Gasteiger partial charge in [0.2, 0.25) is 0 Å². The van der Waals surface area contributed by atoms with Crippen molar-refractivity contribution >= 4 is 0 Å². The summed E-state index contributed by atoms with van der Waals surface area (Å²) in [6.45, 7) is 8.11. The van der Waals surface area contributed by atoms with Gasteiger partial charge in [-0.3, -0.25) is 4.90 Å². The van der Waals surface area contributed by atoms with Crippen LogP contribution in [0.5, 0.6) is 0 Å².